The summed E-state index contributed by atoms with van der Waals surface area (Å²) in [6.07, 6.45) is 2.99. The SMILES string of the molecule is Cc1ccc(C(=O)NCC2=CCNCC2)c(F)c1. The van der Waals surface area contributed by atoms with Gasteiger partial charge in [-0.05, 0) is 37.6 Å². The van der Waals surface area contributed by atoms with Crippen molar-refractivity contribution in [3.8, 4) is 0 Å². The molecule has 0 aliphatic carbocycles. The molecular weight excluding hydrogens is 231 g/mol. The molecule has 0 fully saturated rings. The summed E-state index contributed by atoms with van der Waals surface area (Å²) < 4.78 is 13.6. The molecule has 96 valence electrons. The van der Waals surface area contributed by atoms with Gasteiger partial charge >= 0.3 is 0 Å². The van der Waals surface area contributed by atoms with Gasteiger partial charge in [-0.25, -0.2) is 4.39 Å². The van der Waals surface area contributed by atoms with Gasteiger partial charge in [0.25, 0.3) is 5.91 Å². The summed E-state index contributed by atoms with van der Waals surface area (Å²) in [6, 6.07) is 4.64. The van der Waals surface area contributed by atoms with E-state index in [4.69, 9.17) is 0 Å². The molecule has 18 heavy (non-hydrogen) atoms. The maximum atomic E-state index is 13.6. The number of hydrogen-bond donors (Lipinski definition) is 2. The van der Waals surface area contributed by atoms with Gasteiger partial charge in [0.2, 0.25) is 0 Å². The Morgan fingerprint density at radius 1 is 1.50 bits per heavy atom. The Balaban J connectivity index is 1.97. The lowest BCUT2D eigenvalue weighted by molar-refractivity contribution is 0.0952. The lowest BCUT2D eigenvalue weighted by Gasteiger charge is -2.14. The highest BCUT2D eigenvalue weighted by Crippen LogP contribution is 2.10. The summed E-state index contributed by atoms with van der Waals surface area (Å²) in [5.74, 6) is -0.821. The molecule has 0 radical (unpaired) electrons. The first-order chi connectivity index (χ1) is 8.66. The minimum atomic E-state index is -0.466. The Hall–Kier alpha value is -1.68. The molecule has 0 saturated carbocycles. The fourth-order valence-corrected chi connectivity index (χ4v) is 1.92. The number of hydrogen-bond acceptors (Lipinski definition) is 2. The molecule has 1 aliphatic rings. The monoisotopic (exact) mass is 248 g/mol. The highest BCUT2D eigenvalue weighted by molar-refractivity contribution is 5.94. The van der Waals surface area contributed by atoms with Gasteiger partial charge in [-0.2, -0.15) is 0 Å². The number of benzene rings is 1. The zero-order chi connectivity index (χ0) is 13.0. The fraction of sp³-hybridized carbons (Fsp3) is 0.357. The average molecular weight is 248 g/mol. The Labute approximate surface area is 106 Å². The predicted molar refractivity (Wildman–Crippen MR) is 69.0 cm³/mol. The van der Waals surface area contributed by atoms with Gasteiger partial charge in [-0.3, -0.25) is 4.79 Å². The molecule has 1 amide bonds. The van der Waals surface area contributed by atoms with E-state index in [1.807, 2.05) is 0 Å². The quantitative estimate of drug-likeness (QED) is 0.801. The second-order valence-electron chi connectivity index (χ2n) is 4.48. The van der Waals surface area contributed by atoms with Gasteiger partial charge in [0.1, 0.15) is 5.82 Å². The number of carbonyl (C=O) groups excluding carboxylic acids is 1. The Kier molecular flexibility index (Phi) is 4.10. The van der Waals surface area contributed by atoms with Crippen molar-refractivity contribution in [2.75, 3.05) is 19.6 Å². The molecular formula is C14H17FN2O. The standard InChI is InChI=1S/C14H17FN2O/c1-10-2-3-12(13(15)8-10)14(18)17-9-11-4-6-16-7-5-11/h2-4,8,16H,5-7,9H2,1H3,(H,17,18). The van der Waals surface area contributed by atoms with Crippen molar-refractivity contribution >= 4 is 5.91 Å². The summed E-state index contributed by atoms with van der Waals surface area (Å²) in [5.41, 5.74) is 2.11. The zero-order valence-corrected chi connectivity index (χ0v) is 10.4. The third kappa shape index (κ3) is 3.17. The summed E-state index contributed by atoms with van der Waals surface area (Å²) in [6.45, 7) is 4.06. The van der Waals surface area contributed by atoms with Crippen LogP contribution in [0.4, 0.5) is 4.39 Å². The van der Waals surface area contributed by atoms with Crippen molar-refractivity contribution in [2.24, 2.45) is 0 Å². The van der Waals surface area contributed by atoms with Gasteiger partial charge in [0, 0.05) is 13.1 Å². The molecule has 0 unspecified atom stereocenters. The van der Waals surface area contributed by atoms with Crippen molar-refractivity contribution in [2.45, 2.75) is 13.3 Å². The molecule has 0 aromatic heterocycles. The van der Waals surface area contributed by atoms with Gasteiger partial charge in [-0.15, -0.1) is 0 Å². The van der Waals surface area contributed by atoms with Crippen LogP contribution >= 0.6 is 0 Å². The maximum absolute atomic E-state index is 13.6. The van der Waals surface area contributed by atoms with Crippen LogP contribution in [0.1, 0.15) is 22.3 Å². The summed E-state index contributed by atoms with van der Waals surface area (Å²) in [4.78, 5) is 11.8. The summed E-state index contributed by atoms with van der Waals surface area (Å²) in [5, 5.41) is 5.95. The number of rotatable bonds is 3. The second-order valence-corrected chi connectivity index (χ2v) is 4.48. The van der Waals surface area contributed by atoms with Crippen LogP contribution in [0.15, 0.2) is 29.8 Å². The molecule has 2 N–H and O–H groups in total. The molecule has 4 heteroatoms. The highest BCUT2D eigenvalue weighted by Gasteiger charge is 2.12. The topological polar surface area (TPSA) is 41.1 Å². The number of amides is 1. The first kappa shape index (κ1) is 12.8. The first-order valence-electron chi connectivity index (χ1n) is 6.10. The second kappa shape index (κ2) is 5.78. The van der Waals surface area contributed by atoms with E-state index >= 15 is 0 Å². The van der Waals surface area contributed by atoms with Gasteiger partial charge < -0.3 is 10.6 Å². The van der Waals surface area contributed by atoms with E-state index in [1.165, 1.54) is 17.7 Å². The molecule has 3 nitrogen and oxygen atoms in total. The molecule has 1 aromatic carbocycles. The lowest BCUT2D eigenvalue weighted by Crippen LogP contribution is -2.30. The number of aryl methyl sites for hydroxylation is 1. The summed E-state index contributed by atoms with van der Waals surface area (Å²) >= 11 is 0. The largest absolute Gasteiger partial charge is 0.348 e. The predicted octanol–water partition coefficient (Wildman–Crippen LogP) is 1.78. The van der Waals surface area contributed by atoms with E-state index in [2.05, 4.69) is 16.7 Å². The van der Waals surface area contributed by atoms with Crippen LogP contribution in [-0.4, -0.2) is 25.5 Å². The smallest absolute Gasteiger partial charge is 0.254 e. The number of nitrogens with one attached hydrogen (secondary N) is 2. The highest BCUT2D eigenvalue weighted by atomic mass is 19.1. The Morgan fingerprint density at radius 3 is 3.00 bits per heavy atom. The van der Waals surface area contributed by atoms with E-state index in [1.54, 1.807) is 13.0 Å². The molecule has 0 bridgehead atoms. The van der Waals surface area contributed by atoms with Crippen molar-refractivity contribution in [1.29, 1.82) is 0 Å². The van der Waals surface area contributed by atoms with Crippen molar-refractivity contribution < 1.29 is 9.18 Å². The van der Waals surface area contributed by atoms with Crippen LogP contribution < -0.4 is 10.6 Å². The van der Waals surface area contributed by atoms with Crippen LogP contribution in [0.5, 0.6) is 0 Å². The van der Waals surface area contributed by atoms with Crippen LogP contribution in [0.2, 0.25) is 0 Å². The molecule has 1 aliphatic heterocycles. The normalized spacial score (nSPS) is 15.1. The molecule has 0 spiro atoms. The van der Waals surface area contributed by atoms with Crippen molar-refractivity contribution in [3.63, 3.8) is 0 Å². The number of carbonyl (C=O) groups is 1. The van der Waals surface area contributed by atoms with Crippen LogP contribution in [0.3, 0.4) is 0 Å². The molecule has 1 aromatic rings. The third-order valence-electron chi connectivity index (χ3n) is 3.00. The van der Waals surface area contributed by atoms with E-state index in [9.17, 15) is 9.18 Å². The number of halogens is 1. The summed E-state index contributed by atoms with van der Waals surface area (Å²) in [7, 11) is 0. The lowest BCUT2D eigenvalue weighted by atomic mass is 10.1. The van der Waals surface area contributed by atoms with E-state index in [-0.39, 0.29) is 11.5 Å². The average Bonchev–Trinajstić information content (AvgIpc) is 2.37. The van der Waals surface area contributed by atoms with Gasteiger partial charge in [0.15, 0.2) is 0 Å². The van der Waals surface area contributed by atoms with Crippen LogP contribution in [-0.2, 0) is 0 Å². The Bertz CT molecular complexity index is 483. The van der Waals surface area contributed by atoms with E-state index < -0.39 is 5.82 Å². The molecule has 2 rings (SSSR count). The molecule has 0 atom stereocenters. The van der Waals surface area contributed by atoms with Crippen molar-refractivity contribution in [3.05, 3.63) is 46.8 Å². The molecule has 1 heterocycles. The van der Waals surface area contributed by atoms with Crippen molar-refractivity contribution in [1.82, 2.24) is 10.6 Å². The van der Waals surface area contributed by atoms with Crippen LogP contribution in [0.25, 0.3) is 0 Å². The van der Waals surface area contributed by atoms with E-state index in [0.717, 1.165) is 25.1 Å². The maximum Gasteiger partial charge on any atom is 0.254 e. The first-order valence-corrected chi connectivity index (χ1v) is 6.10. The Morgan fingerprint density at radius 2 is 2.33 bits per heavy atom. The van der Waals surface area contributed by atoms with Crippen LogP contribution in [0, 0.1) is 12.7 Å². The molecule has 0 saturated heterocycles. The zero-order valence-electron chi connectivity index (χ0n) is 10.4. The van der Waals surface area contributed by atoms with Gasteiger partial charge in [-0.1, -0.05) is 17.7 Å². The third-order valence-corrected chi connectivity index (χ3v) is 3.00. The van der Waals surface area contributed by atoms with Gasteiger partial charge in [0.05, 0.1) is 5.56 Å². The minimum absolute atomic E-state index is 0.107. The minimum Gasteiger partial charge on any atom is -0.348 e. The fourth-order valence-electron chi connectivity index (χ4n) is 1.92. The van der Waals surface area contributed by atoms with E-state index in [0.29, 0.717) is 6.54 Å².